The molecule has 1 unspecified atom stereocenters. The zero-order valence-electron chi connectivity index (χ0n) is 23.0. The van der Waals surface area contributed by atoms with E-state index in [1.165, 1.54) is 17.8 Å². The average molecular weight is 541 g/mol. The third kappa shape index (κ3) is 4.13. The Bertz CT molecular complexity index is 1590. The summed E-state index contributed by atoms with van der Waals surface area (Å²) in [7, 11) is 0. The van der Waals surface area contributed by atoms with Crippen LogP contribution >= 0.6 is 0 Å². The van der Waals surface area contributed by atoms with Crippen molar-refractivity contribution in [3.63, 3.8) is 0 Å². The standard InChI is InChI=1S/C32H33FN4O3/c1-20-28(23-9-7-21(33)16-26(23)36-29(20)25-6-4-5-11-34-25)30-32(19-39-31(2,3)40-30)18-35-27-17-22(8-10-24(27)32)37-12-14-38-15-13-37/h4-11,16-17,30,35H,12-15,18-19H2,1-3H3/t30-,32?/m1/s1. The van der Waals surface area contributed by atoms with Crippen LogP contribution in [0.3, 0.4) is 0 Å². The number of pyridine rings is 2. The van der Waals surface area contributed by atoms with E-state index in [0.717, 1.165) is 65.5 Å². The third-order valence-corrected chi connectivity index (χ3v) is 8.50. The number of anilines is 2. The van der Waals surface area contributed by atoms with Gasteiger partial charge in [-0.1, -0.05) is 12.1 Å². The van der Waals surface area contributed by atoms with Crippen molar-refractivity contribution in [2.24, 2.45) is 0 Å². The van der Waals surface area contributed by atoms with E-state index >= 15 is 0 Å². The minimum Gasteiger partial charge on any atom is -0.384 e. The van der Waals surface area contributed by atoms with Gasteiger partial charge in [-0.15, -0.1) is 0 Å². The predicted molar refractivity (Wildman–Crippen MR) is 153 cm³/mol. The summed E-state index contributed by atoms with van der Waals surface area (Å²) in [4.78, 5) is 11.8. The zero-order chi connectivity index (χ0) is 27.5. The van der Waals surface area contributed by atoms with Gasteiger partial charge in [-0.25, -0.2) is 9.37 Å². The average Bonchev–Trinajstić information content (AvgIpc) is 3.34. The van der Waals surface area contributed by atoms with Gasteiger partial charge in [0.25, 0.3) is 0 Å². The molecule has 7 nitrogen and oxygen atoms in total. The Morgan fingerprint density at radius 3 is 2.70 bits per heavy atom. The second kappa shape index (κ2) is 9.51. The number of rotatable bonds is 3. The molecule has 7 rings (SSSR count). The van der Waals surface area contributed by atoms with Crippen LogP contribution in [0.15, 0.2) is 60.8 Å². The van der Waals surface area contributed by atoms with Crippen molar-refractivity contribution < 1.29 is 18.6 Å². The van der Waals surface area contributed by atoms with Crippen LogP contribution in [-0.4, -0.2) is 55.2 Å². The van der Waals surface area contributed by atoms with Crippen LogP contribution in [0.1, 0.15) is 36.6 Å². The molecule has 2 aromatic carbocycles. The molecule has 3 aliphatic rings. The minimum atomic E-state index is -0.806. The minimum absolute atomic E-state index is 0.326. The van der Waals surface area contributed by atoms with Crippen molar-refractivity contribution in [2.75, 3.05) is 49.7 Å². The molecule has 1 spiro atoms. The van der Waals surface area contributed by atoms with Crippen molar-refractivity contribution in [2.45, 2.75) is 38.1 Å². The lowest BCUT2D eigenvalue weighted by molar-refractivity contribution is -0.301. The zero-order valence-corrected chi connectivity index (χ0v) is 23.0. The highest BCUT2D eigenvalue weighted by molar-refractivity contribution is 5.88. The molecule has 3 aliphatic heterocycles. The fraction of sp³-hybridized carbons (Fsp3) is 0.375. The fourth-order valence-electron chi connectivity index (χ4n) is 6.43. The normalized spacial score (nSPS) is 23.8. The van der Waals surface area contributed by atoms with Crippen LogP contribution in [-0.2, 0) is 19.6 Å². The molecule has 4 aromatic rings. The van der Waals surface area contributed by atoms with Gasteiger partial charge in [0, 0.05) is 48.7 Å². The number of fused-ring (bicyclic) bond motifs is 3. The maximum Gasteiger partial charge on any atom is 0.163 e. The fourth-order valence-corrected chi connectivity index (χ4v) is 6.43. The van der Waals surface area contributed by atoms with Crippen LogP contribution in [0.4, 0.5) is 15.8 Å². The molecule has 2 fully saturated rings. The largest absolute Gasteiger partial charge is 0.384 e. The van der Waals surface area contributed by atoms with E-state index in [1.807, 2.05) is 38.1 Å². The summed E-state index contributed by atoms with van der Waals surface area (Å²) in [6, 6.07) is 17.2. The molecule has 206 valence electrons. The van der Waals surface area contributed by atoms with Gasteiger partial charge < -0.3 is 24.4 Å². The van der Waals surface area contributed by atoms with Crippen LogP contribution < -0.4 is 10.2 Å². The maximum atomic E-state index is 14.5. The van der Waals surface area contributed by atoms with Gasteiger partial charge >= 0.3 is 0 Å². The Morgan fingerprint density at radius 2 is 1.90 bits per heavy atom. The lowest BCUT2D eigenvalue weighted by Crippen LogP contribution is -2.52. The van der Waals surface area contributed by atoms with Crippen molar-refractivity contribution >= 4 is 22.3 Å². The summed E-state index contributed by atoms with van der Waals surface area (Å²) in [5.74, 6) is -1.13. The Hall–Kier alpha value is -3.59. The van der Waals surface area contributed by atoms with Gasteiger partial charge in [0.05, 0.1) is 42.1 Å². The monoisotopic (exact) mass is 540 g/mol. The smallest absolute Gasteiger partial charge is 0.163 e. The van der Waals surface area contributed by atoms with E-state index in [-0.39, 0.29) is 11.9 Å². The summed E-state index contributed by atoms with van der Waals surface area (Å²) in [6.45, 7) is 10.3. The van der Waals surface area contributed by atoms with Crippen molar-refractivity contribution in [3.05, 3.63) is 83.3 Å². The number of halogens is 1. The van der Waals surface area contributed by atoms with E-state index in [9.17, 15) is 4.39 Å². The second-order valence-electron chi connectivity index (χ2n) is 11.4. The van der Waals surface area contributed by atoms with Crippen molar-refractivity contribution in [3.8, 4) is 11.4 Å². The highest BCUT2D eigenvalue weighted by atomic mass is 19.1. The number of hydrogen-bond donors (Lipinski definition) is 1. The first-order valence-electron chi connectivity index (χ1n) is 13.9. The number of aromatic nitrogens is 2. The van der Waals surface area contributed by atoms with Crippen molar-refractivity contribution in [1.29, 1.82) is 0 Å². The molecule has 5 heterocycles. The van der Waals surface area contributed by atoms with Crippen LogP contribution in [0, 0.1) is 12.7 Å². The Labute approximate surface area is 233 Å². The van der Waals surface area contributed by atoms with Gasteiger partial charge in [0.2, 0.25) is 0 Å². The molecule has 0 aliphatic carbocycles. The highest BCUT2D eigenvalue weighted by Gasteiger charge is 2.54. The summed E-state index contributed by atoms with van der Waals surface area (Å²) in [5.41, 5.74) is 6.95. The third-order valence-electron chi connectivity index (χ3n) is 8.50. The first-order valence-corrected chi connectivity index (χ1v) is 13.9. The number of nitrogens with zero attached hydrogens (tertiary/aromatic N) is 3. The molecule has 1 N–H and O–H groups in total. The molecular formula is C32H33FN4O3. The van der Waals surface area contributed by atoms with Crippen molar-refractivity contribution in [1.82, 2.24) is 9.97 Å². The molecule has 0 radical (unpaired) electrons. The molecule has 0 amide bonds. The lowest BCUT2D eigenvalue weighted by atomic mass is 9.72. The van der Waals surface area contributed by atoms with Gasteiger partial charge in [-0.3, -0.25) is 4.98 Å². The topological polar surface area (TPSA) is 68.7 Å². The quantitative estimate of drug-likeness (QED) is 0.354. The number of morpholine rings is 1. The number of nitrogens with one attached hydrogen (secondary N) is 1. The van der Waals surface area contributed by atoms with Gasteiger partial charge in [0.15, 0.2) is 5.79 Å². The number of benzene rings is 2. The summed E-state index contributed by atoms with van der Waals surface area (Å²) >= 11 is 0. The maximum absolute atomic E-state index is 14.5. The highest BCUT2D eigenvalue weighted by Crippen LogP contribution is 2.54. The van der Waals surface area contributed by atoms with E-state index in [4.69, 9.17) is 19.2 Å². The van der Waals surface area contributed by atoms with Crippen LogP contribution in [0.5, 0.6) is 0 Å². The molecular weight excluding hydrogens is 507 g/mol. The SMILES string of the molecule is Cc1c(-c2ccccn2)nc2cc(F)ccc2c1[C@H]1OC(C)(C)OCC12CNc1cc(N3CCOCC3)ccc12. The van der Waals surface area contributed by atoms with E-state index < -0.39 is 11.2 Å². The second-order valence-corrected chi connectivity index (χ2v) is 11.4. The van der Waals surface area contributed by atoms with E-state index in [2.05, 4.69) is 40.3 Å². The van der Waals surface area contributed by atoms with Gasteiger partial charge in [-0.05, 0) is 73.9 Å². The summed E-state index contributed by atoms with van der Waals surface area (Å²) < 4.78 is 33.3. The molecule has 0 bridgehead atoms. The molecule has 8 heteroatoms. The Balaban J connectivity index is 1.42. The first-order chi connectivity index (χ1) is 19.3. The lowest BCUT2D eigenvalue weighted by Gasteiger charge is -2.48. The van der Waals surface area contributed by atoms with E-state index in [0.29, 0.717) is 18.7 Å². The predicted octanol–water partition coefficient (Wildman–Crippen LogP) is 5.77. The Morgan fingerprint density at radius 1 is 1.05 bits per heavy atom. The molecule has 2 saturated heterocycles. The number of hydrogen-bond acceptors (Lipinski definition) is 7. The van der Waals surface area contributed by atoms with E-state index in [1.54, 1.807) is 6.20 Å². The molecule has 2 aromatic heterocycles. The van der Waals surface area contributed by atoms with Gasteiger partial charge in [0.1, 0.15) is 11.9 Å². The summed E-state index contributed by atoms with van der Waals surface area (Å²) in [6.07, 6.45) is 1.38. The molecule has 0 saturated carbocycles. The van der Waals surface area contributed by atoms with Crippen LogP contribution in [0.25, 0.3) is 22.3 Å². The molecule has 2 atom stereocenters. The number of ether oxygens (including phenoxy) is 3. The van der Waals surface area contributed by atoms with Gasteiger partial charge in [-0.2, -0.15) is 0 Å². The first kappa shape index (κ1) is 25.4. The van der Waals surface area contributed by atoms with Crippen LogP contribution in [0.2, 0.25) is 0 Å². The Kier molecular flexibility index (Phi) is 6.03. The summed E-state index contributed by atoms with van der Waals surface area (Å²) in [5, 5.41) is 4.56. The molecule has 40 heavy (non-hydrogen) atoms.